The van der Waals surface area contributed by atoms with Crippen LogP contribution in [0.15, 0.2) is 30.4 Å². The van der Waals surface area contributed by atoms with Gasteiger partial charge in [-0.1, -0.05) is 31.1 Å². The molecule has 52 heavy (non-hydrogen) atoms. The Balaban J connectivity index is 1.50. The van der Waals surface area contributed by atoms with Crippen LogP contribution in [-0.4, -0.2) is 101 Å². The third-order valence-corrected chi connectivity index (χ3v) is 11.0. The minimum Gasteiger partial charge on any atom is -0.459 e. The van der Waals surface area contributed by atoms with Crippen molar-refractivity contribution in [1.82, 2.24) is 34.1 Å². The Kier molecular flexibility index (Phi) is 11.3. The van der Waals surface area contributed by atoms with Crippen LogP contribution >= 0.6 is 0 Å². The van der Waals surface area contributed by atoms with Crippen LogP contribution in [0.5, 0.6) is 6.01 Å². The van der Waals surface area contributed by atoms with Gasteiger partial charge >= 0.3 is 16.3 Å². The zero-order valence-corrected chi connectivity index (χ0v) is 32.2. The molecule has 2 aromatic rings. The molecule has 1 aliphatic carbocycles. The molecule has 4 amide bonds. The summed E-state index contributed by atoms with van der Waals surface area (Å²) in [4.78, 5) is 61.6. The molecule has 3 N–H and O–H groups in total. The minimum atomic E-state index is -4.16. The lowest BCUT2D eigenvalue weighted by molar-refractivity contribution is -0.141. The summed E-state index contributed by atoms with van der Waals surface area (Å²) in [6.07, 6.45) is 5.77. The van der Waals surface area contributed by atoms with Crippen LogP contribution < -0.4 is 20.1 Å². The molecule has 1 saturated carbocycles. The summed E-state index contributed by atoms with van der Waals surface area (Å²) in [5.74, 6) is -2.43. The van der Waals surface area contributed by atoms with E-state index in [4.69, 9.17) is 14.5 Å². The van der Waals surface area contributed by atoms with Crippen molar-refractivity contribution >= 4 is 45.1 Å². The van der Waals surface area contributed by atoms with Gasteiger partial charge in [0, 0.05) is 32.5 Å². The third kappa shape index (κ3) is 8.71. The number of carbonyl (C=O) groups excluding carboxylic acids is 4. The van der Waals surface area contributed by atoms with Crippen molar-refractivity contribution < 1.29 is 37.1 Å². The van der Waals surface area contributed by atoms with E-state index in [0.717, 1.165) is 33.7 Å². The molecule has 15 nitrogen and oxygen atoms in total. The number of rotatable bonds is 7. The van der Waals surface area contributed by atoms with Gasteiger partial charge in [-0.15, -0.1) is 0 Å². The monoisotopic (exact) mass is 743 g/mol. The predicted octanol–water partition coefficient (Wildman–Crippen LogP) is 3.49. The number of hydrogen-bond acceptors (Lipinski definition) is 9. The van der Waals surface area contributed by atoms with Crippen LogP contribution in [0.1, 0.15) is 91.2 Å². The summed E-state index contributed by atoms with van der Waals surface area (Å²) >= 11 is 0. The first-order chi connectivity index (χ1) is 24.3. The van der Waals surface area contributed by atoms with E-state index in [1.165, 1.54) is 19.0 Å². The fraction of sp³-hybridized carbons (Fsp3) is 0.639. The van der Waals surface area contributed by atoms with E-state index < -0.39 is 69.3 Å². The number of hydrogen-bond donors (Lipinski definition) is 3. The molecule has 1 aromatic heterocycles. The molecule has 2 aliphatic heterocycles. The number of ether oxygens (including phenoxy) is 2. The number of nitrogens with zero attached hydrogens (tertiary/aromatic N) is 4. The average Bonchev–Trinajstić information content (AvgIpc) is 3.37. The number of benzene rings is 1. The molecule has 3 aliphatic rings. The molecule has 5 rings (SSSR count). The zero-order valence-electron chi connectivity index (χ0n) is 31.4. The number of alkyl carbamates (subject to hydrolysis) is 1. The van der Waals surface area contributed by atoms with Gasteiger partial charge in [-0.05, 0) is 84.9 Å². The van der Waals surface area contributed by atoms with Crippen molar-refractivity contribution in [2.45, 2.75) is 122 Å². The molecular weight excluding hydrogens is 691 g/mol. The second-order valence-corrected chi connectivity index (χ2v) is 17.5. The zero-order chi connectivity index (χ0) is 38.2. The molecule has 286 valence electrons. The lowest BCUT2D eigenvalue weighted by Crippen LogP contribution is -2.58. The fourth-order valence-corrected chi connectivity index (χ4v) is 7.43. The Labute approximate surface area is 306 Å². The molecule has 3 heterocycles. The lowest BCUT2D eigenvalue weighted by atomic mass is 10.0. The van der Waals surface area contributed by atoms with Gasteiger partial charge in [0.1, 0.15) is 29.3 Å². The van der Waals surface area contributed by atoms with Crippen LogP contribution in [0.25, 0.3) is 11.0 Å². The molecule has 2 fully saturated rings. The van der Waals surface area contributed by atoms with Gasteiger partial charge < -0.3 is 25.0 Å². The largest absolute Gasteiger partial charge is 0.459 e. The van der Waals surface area contributed by atoms with Crippen molar-refractivity contribution in [3.8, 4) is 6.01 Å². The highest BCUT2D eigenvalue weighted by Gasteiger charge is 2.61. The topological polar surface area (TPSA) is 181 Å². The Morgan fingerprint density at radius 2 is 1.87 bits per heavy atom. The molecular formula is C36H53N7O8S. The van der Waals surface area contributed by atoms with Gasteiger partial charge in [-0.2, -0.15) is 17.7 Å². The highest BCUT2D eigenvalue weighted by Crippen LogP contribution is 2.46. The molecule has 0 bridgehead atoms. The molecule has 5 atom stereocenters. The van der Waals surface area contributed by atoms with Crippen LogP contribution in [0.4, 0.5) is 4.79 Å². The maximum absolute atomic E-state index is 14.5. The quantitative estimate of drug-likeness (QED) is 0.358. The molecule has 1 saturated heterocycles. The van der Waals surface area contributed by atoms with Gasteiger partial charge in [0.05, 0.1) is 17.6 Å². The Morgan fingerprint density at radius 3 is 2.54 bits per heavy atom. The molecule has 16 heteroatoms. The van der Waals surface area contributed by atoms with E-state index in [-0.39, 0.29) is 25.4 Å². The van der Waals surface area contributed by atoms with E-state index in [1.54, 1.807) is 20.8 Å². The van der Waals surface area contributed by atoms with Gasteiger partial charge in [0.2, 0.25) is 11.8 Å². The summed E-state index contributed by atoms with van der Waals surface area (Å²) in [5.41, 5.74) is 0.328. The summed E-state index contributed by atoms with van der Waals surface area (Å²) in [6.45, 7) is 11.2. The Bertz CT molecular complexity index is 1830. The van der Waals surface area contributed by atoms with Crippen LogP contribution in [-0.2, 0) is 29.3 Å². The second kappa shape index (κ2) is 15.0. The van der Waals surface area contributed by atoms with Crippen molar-refractivity contribution in [2.75, 3.05) is 20.6 Å². The van der Waals surface area contributed by atoms with Crippen LogP contribution in [0, 0.1) is 12.8 Å². The number of aryl methyl sites for hydroxylation is 1. The predicted molar refractivity (Wildman–Crippen MR) is 195 cm³/mol. The van der Waals surface area contributed by atoms with Crippen molar-refractivity contribution in [1.29, 1.82) is 0 Å². The number of nitrogens with one attached hydrogen (secondary N) is 3. The molecule has 0 radical (unpaired) electrons. The van der Waals surface area contributed by atoms with Crippen LogP contribution in [0.3, 0.4) is 0 Å². The first-order valence-corrected chi connectivity index (χ1v) is 19.4. The number of carbonyl (C=O) groups is 4. The van der Waals surface area contributed by atoms with Crippen molar-refractivity contribution in [3.05, 3.63) is 35.9 Å². The molecule has 0 spiro atoms. The standard InChI is InChI=1S/C36H53N7O8S/c1-22(2)43-28-17-16-23(3)18-27(28)37-33(43)50-25-19-29-30(44)39-36(32(46)40-52(48,49)41(7)8)20-24(36)14-12-10-9-11-13-15-26(31(45)42(29)21-25)38-34(47)51-35(4,5)6/h12,14,16-18,22,24-26,29H,9-11,13,15,19-21H2,1-8H3,(H,38,47)(H,39,44)(H,40,46)/b14-12-/t24-,25-,26+,29+,36-/m1/s1. The van der Waals surface area contributed by atoms with E-state index >= 15 is 0 Å². The normalized spacial score (nSPS) is 26.5. The van der Waals surface area contributed by atoms with E-state index in [1.807, 2.05) is 55.7 Å². The van der Waals surface area contributed by atoms with Gasteiger partial charge in [-0.25, -0.2) is 9.52 Å². The minimum absolute atomic E-state index is 0.00127. The SMILES string of the molecule is Cc1ccc2c(c1)nc(O[C@@H]1C[C@H]3C(=O)N[C@]4(C(=O)NS(=O)(=O)N(C)C)C[C@H]4/C=C\CCCCC[C@H](NC(=O)OC(C)(C)C)C(=O)N3C1)n2C(C)C. The number of aromatic nitrogens is 2. The smallest absolute Gasteiger partial charge is 0.408 e. The number of fused-ring (bicyclic) bond motifs is 3. The highest BCUT2D eigenvalue weighted by molar-refractivity contribution is 7.87. The van der Waals surface area contributed by atoms with Crippen molar-refractivity contribution in [3.63, 3.8) is 0 Å². The second-order valence-electron chi connectivity index (χ2n) is 15.6. The van der Waals surface area contributed by atoms with E-state index in [0.29, 0.717) is 25.3 Å². The van der Waals surface area contributed by atoms with Gasteiger partial charge in [-0.3, -0.25) is 19.0 Å². The van der Waals surface area contributed by atoms with Crippen molar-refractivity contribution in [2.24, 2.45) is 5.92 Å². The third-order valence-electron chi connectivity index (χ3n) is 9.64. The van der Waals surface area contributed by atoms with Gasteiger partial charge in [0.15, 0.2) is 0 Å². The number of allylic oxidation sites excluding steroid dienone is 1. The summed E-state index contributed by atoms with van der Waals surface area (Å²) < 4.78 is 42.3. The maximum atomic E-state index is 14.5. The number of amides is 4. The number of imidazole rings is 1. The first-order valence-electron chi connectivity index (χ1n) is 18.0. The highest BCUT2D eigenvalue weighted by atomic mass is 32.2. The summed E-state index contributed by atoms with van der Waals surface area (Å²) in [7, 11) is -1.56. The average molecular weight is 744 g/mol. The van der Waals surface area contributed by atoms with Gasteiger partial charge in [0.25, 0.3) is 11.9 Å². The fourth-order valence-electron chi connectivity index (χ4n) is 6.83. The molecule has 1 aromatic carbocycles. The summed E-state index contributed by atoms with van der Waals surface area (Å²) in [5, 5.41) is 5.60. The van der Waals surface area contributed by atoms with Crippen LogP contribution in [0.2, 0.25) is 0 Å². The first kappa shape index (κ1) is 39.0. The molecule has 0 unspecified atom stereocenters. The lowest BCUT2D eigenvalue weighted by Gasteiger charge is -2.30. The van der Waals surface area contributed by atoms with E-state index in [9.17, 15) is 27.6 Å². The Morgan fingerprint density at radius 1 is 1.13 bits per heavy atom. The Hall–Kier alpha value is -4.18. The van der Waals surface area contributed by atoms with E-state index in [2.05, 4.69) is 15.4 Å². The summed E-state index contributed by atoms with van der Waals surface area (Å²) in [6, 6.07) is 4.17. The maximum Gasteiger partial charge on any atom is 0.408 e.